The molecule has 1 aromatic heterocycles. The van der Waals surface area contributed by atoms with Gasteiger partial charge >= 0.3 is 12.0 Å². The van der Waals surface area contributed by atoms with Crippen LogP contribution in [0.15, 0.2) is 10.5 Å². The predicted molar refractivity (Wildman–Crippen MR) is 76.2 cm³/mol. The number of aliphatic hydroxyl groups is 1. The molecule has 0 aliphatic carbocycles. The van der Waals surface area contributed by atoms with Crippen LogP contribution >= 0.6 is 0 Å². The summed E-state index contributed by atoms with van der Waals surface area (Å²) in [5, 5.41) is 20.3. The standard InChI is InChI=1S/C14H22N2O5/c1-10-12(13(18)19)8-11(21-10)9-15-14(20)16(2)6-4-3-5-7-17/h8,17H,3-7,9H2,1-2H3,(H,15,20)(H,18,19). The lowest BCUT2D eigenvalue weighted by molar-refractivity contribution is 0.0695. The number of carbonyl (C=O) groups excluding carboxylic acids is 1. The Kier molecular flexibility index (Phi) is 6.74. The van der Waals surface area contributed by atoms with Gasteiger partial charge in [0, 0.05) is 20.2 Å². The van der Waals surface area contributed by atoms with Crippen LogP contribution in [0, 0.1) is 6.92 Å². The highest BCUT2D eigenvalue weighted by atomic mass is 16.4. The van der Waals surface area contributed by atoms with Gasteiger partial charge < -0.3 is 24.8 Å². The number of aryl methyl sites for hydroxylation is 1. The molecule has 1 aromatic rings. The molecule has 0 saturated carbocycles. The van der Waals surface area contributed by atoms with E-state index in [9.17, 15) is 9.59 Å². The van der Waals surface area contributed by atoms with Gasteiger partial charge in [-0.25, -0.2) is 9.59 Å². The second kappa shape index (κ2) is 8.31. The van der Waals surface area contributed by atoms with Gasteiger partial charge in [0.05, 0.1) is 6.54 Å². The van der Waals surface area contributed by atoms with E-state index in [1.54, 1.807) is 18.9 Å². The Bertz CT molecular complexity index is 484. The Hall–Kier alpha value is -2.02. The zero-order chi connectivity index (χ0) is 15.8. The fourth-order valence-electron chi connectivity index (χ4n) is 1.88. The number of hydrogen-bond acceptors (Lipinski definition) is 4. The molecule has 0 aliphatic heterocycles. The largest absolute Gasteiger partial charge is 0.478 e. The molecule has 0 atom stereocenters. The zero-order valence-corrected chi connectivity index (χ0v) is 12.4. The molecule has 3 N–H and O–H groups in total. The number of nitrogens with one attached hydrogen (secondary N) is 1. The van der Waals surface area contributed by atoms with Crippen LogP contribution in [0.1, 0.15) is 41.1 Å². The maximum Gasteiger partial charge on any atom is 0.339 e. The van der Waals surface area contributed by atoms with E-state index in [0.29, 0.717) is 18.1 Å². The molecule has 118 valence electrons. The fourth-order valence-corrected chi connectivity index (χ4v) is 1.88. The van der Waals surface area contributed by atoms with Crippen molar-refractivity contribution >= 4 is 12.0 Å². The van der Waals surface area contributed by atoms with Crippen molar-refractivity contribution in [2.24, 2.45) is 0 Å². The lowest BCUT2D eigenvalue weighted by Crippen LogP contribution is -2.37. The van der Waals surface area contributed by atoms with E-state index in [1.165, 1.54) is 6.07 Å². The summed E-state index contributed by atoms with van der Waals surface area (Å²) in [5.41, 5.74) is 0.108. The van der Waals surface area contributed by atoms with E-state index >= 15 is 0 Å². The maximum absolute atomic E-state index is 11.8. The second-order valence-corrected chi connectivity index (χ2v) is 4.85. The Morgan fingerprint density at radius 2 is 2.05 bits per heavy atom. The van der Waals surface area contributed by atoms with Crippen molar-refractivity contribution in [1.82, 2.24) is 10.2 Å². The van der Waals surface area contributed by atoms with Crippen molar-refractivity contribution in [3.05, 3.63) is 23.2 Å². The van der Waals surface area contributed by atoms with Crippen molar-refractivity contribution in [3.63, 3.8) is 0 Å². The molecule has 0 fully saturated rings. The minimum atomic E-state index is -1.05. The normalized spacial score (nSPS) is 10.4. The van der Waals surface area contributed by atoms with Crippen LogP contribution in [0.3, 0.4) is 0 Å². The van der Waals surface area contributed by atoms with Crippen LogP contribution in [0.25, 0.3) is 0 Å². The molecule has 0 spiro atoms. The van der Waals surface area contributed by atoms with Gasteiger partial charge in [0.25, 0.3) is 0 Å². The van der Waals surface area contributed by atoms with Crippen molar-refractivity contribution in [3.8, 4) is 0 Å². The number of hydrogen-bond donors (Lipinski definition) is 3. The quantitative estimate of drug-likeness (QED) is 0.632. The summed E-state index contributed by atoms with van der Waals surface area (Å²) in [6.07, 6.45) is 2.43. The molecule has 0 unspecified atom stereocenters. The molecule has 7 heteroatoms. The number of amides is 2. The third-order valence-electron chi connectivity index (χ3n) is 3.11. The highest BCUT2D eigenvalue weighted by Crippen LogP contribution is 2.14. The number of aliphatic hydroxyl groups excluding tert-OH is 1. The second-order valence-electron chi connectivity index (χ2n) is 4.85. The molecule has 1 heterocycles. The Morgan fingerprint density at radius 1 is 1.33 bits per heavy atom. The molecule has 2 amide bonds. The first-order valence-electron chi connectivity index (χ1n) is 6.88. The highest BCUT2D eigenvalue weighted by molar-refractivity contribution is 5.88. The molecule has 0 radical (unpaired) electrons. The average molecular weight is 298 g/mol. The summed E-state index contributed by atoms with van der Waals surface area (Å²) in [6.45, 7) is 2.49. The average Bonchev–Trinajstić information content (AvgIpc) is 2.82. The number of rotatable bonds is 8. The van der Waals surface area contributed by atoms with Crippen LogP contribution in [0.5, 0.6) is 0 Å². The van der Waals surface area contributed by atoms with Gasteiger partial charge in [-0.05, 0) is 32.3 Å². The van der Waals surface area contributed by atoms with E-state index < -0.39 is 5.97 Å². The molecule has 0 aliphatic rings. The molecule has 7 nitrogen and oxygen atoms in total. The summed E-state index contributed by atoms with van der Waals surface area (Å²) in [7, 11) is 1.68. The first kappa shape index (κ1) is 17.0. The summed E-state index contributed by atoms with van der Waals surface area (Å²) in [5.74, 6) is -0.314. The number of aromatic carboxylic acids is 1. The maximum atomic E-state index is 11.8. The van der Waals surface area contributed by atoms with Crippen LogP contribution in [-0.4, -0.2) is 47.3 Å². The number of carboxylic acid groups (broad SMARTS) is 1. The third-order valence-corrected chi connectivity index (χ3v) is 3.11. The number of urea groups is 1. The van der Waals surface area contributed by atoms with E-state index in [0.717, 1.165) is 19.3 Å². The molecule has 0 saturated heterocycles. The number of carbonyl (C=O) groups is 2. The van der Waals surface area contributed by atoms with Crippen LogP contribution < -0.4 is 5.32 Å². The van der Waals surface area contributed by atoms with E-state index in [-0.39, 0.29) is 24.7 Å². The molecule has 1 rings (SSSR count). The van der Waals surface area contributed by atoms with E-state index in [4.69, 9.17) is 14.6 Å². The van der Waals surface area contributed by atoms with E-state index in [1.807, 2.05) is 0 Å². The van der Waals surface area contributed by atoms with Crippen molar-refractivity contribution in [1.29, 1.82) is 0 Å². The molecular formula is C14H22N2O5. The smallest absolute Gasteiger partial charge is 0.339 e. The summed E-state index contributed by atoms with van der Waals surface area (Å²) in [4.78, 5) is 24.2. The molecule has 21 heavy (non-hydrogen) atoms. The van der Waals surface area contributed by atoms with Gasteiger partial charge in [-0.1, -0.05) is 0 Å². The predicted octanol–water partition coefficient (Wildman–Crippen LogP) is 1.59. The summed E-state index contributed by atoms with van der Waals surface area (Å²) in [6, 6.07) is 1.17. The van der Waals surface area contributed by atoms with E-state index in [2.05, 4.69) is 5.32 Å². The fraction of sp³-hybridized carbons (Fsp3) is 0.571. The minimum absolute atomic E-state index is 0.108. The Labute approximate surface area is 123 Å². The van der Waals surface area contributed by atoms with Crippen LogP contribution in [0.2, 0.25) is 0 Å². The third kappa shape index (κ3) is 5.47. The van der Waals surface area contributed by atoms with Gasteiger partial charge in [-0.3, -0.25) is 0 Å². The first-order valence-corrected chi connectivity index (χ1v) is 6.88. The first-order chi connectivity index (χ1) is 9.95. The topological polar surface area (TPSA) is 103 Å². The SMILES string of the molecule is Cc1oc(CNC(=O)N(C)CCCCCO)cc1C(=O)O. The zero-order valence-electron chi connectivity index (χ0n) is 12.4. The van der Waals surface area contributed by atoms with Gasteiger partial charge in [0.15, 0.2) is 0 Å². The number of carboxylic acids is 1. The van der Waals surface area contributed by atoms with Crippen molar-refractivity contribution in [2.75, 3.05) is 20.2 Å². The lowest BCUT2D eigenvalue weighted by Gasteiger charge is -2.17. The molecular weight excluding hydrogens is 276 g/mol. The van der Waals surface area contributed by atoms with Gasteiger partial charge in [0.2, 0.25) is 0 Å². The summed E-state index contributed by atoms with van der Waals surface area (Å²) >= 11 is 0. The Balaban J connectivity index is 2.38. The number of unbranched alkanes of at least 4 members (excludes halogenated alkanes) is 2. The number of furan rings is 1. The van der Waals surface area contributed by atoms with Gasteiger partial charge in [-0.15, -0.1) is 0 Å². The minimum Gasteiger partial charge on any atom is -0.478 e. The van der Waals surface area contributed by atoms with Crippen LogP contribution in [0.4, 0.5) is 4.79 Å². The lowest BCUT2D eigenvalue weighted by atomic mass is 10.2. The monoisotopic (exact) mass is 298 g/mol. The van der Waals surface area contributed by atoms with Crippen LogP contribution in [-0.2, 0) is 6.54 Å². The number of nitrogens with zero attached hydrogens (tertiary/aromatic N) is 1. The Morgan fingerprint density at radius 3 is 2.62 bits per heavy atom. The van der Waals surface area contributed by atoms with Gasteiger partial charge in [-0.2, -0.15) is 0 Å². The highest BCUT2D eigenvalue weighted by Gasteiger charge is 2.14. The van der Waals surface area contributed by atoms with Gasteiger partial charge in [0.1, 0.15) is 17.1 Å². The molecule has 0 bridgehead atoms. The van der Waals surface area contributed by atoms with Crippen molar-refractivity contribution in [2.45, 2.75) is 32.7 Å². The van der Waals surface area contributed by atoms with Crippen molar-refractivity contribution < 1.29 is 24.2 Å². The molecule has 0 aromatic carbocycles. The summed E-state index contributed by atoms with van der Waals surface area (Å²) < 4.78 is 5.28.